The molecule has 0 amide bonds. The van der Waals surface area contributed by atoms with Crippen molar-refractivity contribution in [3.05, 3.63) is 119 Å². The highest BCUT2D eigenvalue weighted by Gasteiger charge is 2.26. The van der Waals surface area contributed by atoms with Crippen LogP contribution in [0.2, 0.25) is 0 Å². The number of allylic oxidation sites excluding steroid dienone is 3. The molecule has 0 aromatic heterocycles. The van der Waals surface area contributed by atoms with E-state index in [1.165, 1.54) is 58.9 Å². The summed E-state index contributed by atoms with van der Waals surface area (Å²) in [5.41, 5.74) is 7.29. The summed E-state index contributed by atoms with van der Waals surface area (Å²) < 4.78 is 6.60. The van der Waals surface area contributed by atoms with E-state index in [2.05, 4.69) is 124 Å². The molecule has 3 unspecified atom stereocenters. The number of unbranched alkanes of at least 4 members (excludes halogenated alkanes) is 1. The van der Waals surface area contributed by atoms with Gasteiger partial charge in [0.25, 0.3) is 0 Å². The lowest BCUT2D eigenvalue weighted by Crippen LogP contribution is -2.28. The Kier molecular flexibility index (Phi) is 11.9. The molecule has 0 aliphatic heterocycles. The van der Waals surface area contributed by atoms with E-state index in [9.17, 15) is 0 Å². The molecule has 4 rings (SSSR count). The fourth-order valence-corrected chi connectivity index (χ4v) is 7.37. The predicted molar refractivity (Wildman–Crippen MR) is 176 cm³/mol. The maximum atomic E-state index is 6.60. The van der Waals surface area contributed by atoms with Gasteiger partial charge in [-0.3, -0.25) is 0 Å². The van der Waals surface area contributed by atoms with Crippen LogP contribution < -0.4 is 10.2 Å². The van der Waals surface area contributed by atoms with Crippen LogP contribution in [0.5, 0.6) is 0 Å². The van der Waals surface area contributed by atoms with Gasteiger partial charge in [0, 0.05) is 24.4 Å². The summed E-state index contributed by atoms with van der Waals surface area (Å²) in [5, 5.41) is 1.50. The van der Waals surface area contributed by atoms with Gasteiger partial charge in [-0.25, -0.2) is 0 Å². The van der Waals surface area contributed by atoms with Crippen molar-refractivity contribution in [2.24, 2.45) is 5.92 Å². The summed E-state index contributed by atoms with van der Waals surface area (Å²) in [6.45, 7) is 11.9. The SMILES string of the molecule is CCCCN(CC)c1cc(C)ccc1PC(CCC)C1=CC(Cc2ccccc2)CC=C1OCc1ccccc1. The zero-order valence-corrected chi connectivity index (χ0v) is 26.0. The summed E-state index contributed by atoms with van der Waals surface area (Å²) >= 11 is 0. The smallest absolute Gasteiger partial charge is 0.119 e. The lowest BCUT2D eigenvalue weighted by atomic mass is 9.87. The molecule has 1 aliphatic carbocycles. The van der Waals surface area contributed by atoms with Gasteiger partial charge in [-0.15, -0.1) is 0 Å². The number of benzene rings is 3. The highest BCUT2D eigenvalue weighted by Crippen LogP contribution is 2.40. The largest absolute Gasteiger partial charge is 0.489 e. The van der Waals surface area contributed by atoms with Gasteiger partial charge in [0.1, 0.15) is 12.4 Å². The van der Waals surface area contributed by atoms with Gasteiger partial charge in [0.2, 0.25) is 0 Å². The Morgan fingerprint density at radius 3 is 2.30 bits per heavy atom. The molecule has 40 heavy (non-hydrogen) atoms. The second kappa shape index (κ2) is 15.8. The highest BCUT2D eigenvalue weighted by atomic mass is 31.1. The van der Waals surface area contributed by atoms with Crippen LogP contribution in [0.25, 0.3) is 0 Å². The third-order valence-electron chi connectivity index (χ3n) is 7.82. The lowest BCUT2D eigenvalue weighted by Gasteiger charge is -2.31. The Balaban J connectivity index is 1.64. The first-order valence-corrected chi connectivity index (χ1v) is 16.4. The maximum absolute atomic E-state index is 6.60. The van der Waals surface area contributed by atoms with Crippen molar-refractivity contribution in [1.29, 1.82) is 0 Å². The topological polar surface area (TPSA) is 12.5 Å². The van der Waals surface area contributed by atoms with E-state index in [4.69, 9.17) is 4.74 Å². The van der Waals surface area contributed by atoms with Crippen molar-refractivity contribution >= 4 is 19.6 Å². The van der Waals surface area contributed by atoms with Gasteiger partial charge in [-0.05, 0) is 85.2 Å². The summed E-state index contributed by atoms with van der Waals surface area (Å²) in [6, 6.07) is 28.7. The van der Waals surface area contributed by atoms with Crippen LogP contribution in [0.4, 0.5) is 5.69 Å². The molecule has 212 valence electrons. The van der Waals surface area contributed by atoms with Crippen molar-refractivity contribution in [2.75, 3.05) is 18.0 Å². The standard InChI is InChI=1S/C37H48NOP/c1-5-8-24-38(7-3)34-25-29(4)20-23-37(34)40-36(15-6-2)33-27-32(26-30-16-11-9-12-17-30)21-22-35(33)39-28-31-18-13-10-14-19-31/h9-14,16-20,22-23,25,27,32,36,40H,5-8,15,21,24,26,28H2,1-4H3. The molecule has 3 aromatic carbocycles. The van der Waals surface area contributed by atoms with Gasteiger partial charge in [-0.2, -0.15) is 0 Å². The number of hydrogen-bond acceptors (Lipinski definition) is 2. The van der Waals surface area contributed by atoms with E-state index in [0.29, 0.717) is 26.8 Å². The molecule has 0 saturated carbocycles. The molecule has 3 aromatic rings. The van der Waals surface area contributed by atoms with Gasteiger partial charge >= 0.3 is 0 Å². The van der Waals surface area contributed by atoms with Crippen molar-refractivity contribution in [3.8, 4) is 0 Å². The molecule has 1 aliphatic rings. The van der Waals surface area contributed by atoms with Gasteiger partial charge < -0.3 is 9.64 Å². The summed E-state index contributed by atoms with van der Waals surface area (Å²) in [6.07, 6.45) is 11.8. The van der Waals surface area contributed by atoms with E-state index < -0.39 is 0 Å². The van der Waals surface area contributed by atoms with Crippen molar-refractivity contribution in [3.63, 3.8) is 0 Å². The van der Waals surface area contributed by atoms with Crippen LogP contribution in [0.1, 0.15) is 69.6 Å². The third kappa shape index (κ3) is 8.58. The van der Waals surface area contributed by atoms with Crippen LogP contribution in [0.3, 0.4) is 0 Å². The minimum absolute atomic E-state index is 0.455. The molecule has 3 heteroatoms. The van der Waals surface area contributed by atoms with Gasteiger partial charge in [0.15, 0.2) is 0 Å². The number of hydrogen-bond donors (Lipinski definition) is 0. The molecule has 0 spiro atoms. The molecule has 3 atom stereocenters. The molecule has 0 N–H and O–H groups in total. The summed E-state index contributed by atoms with van der Waals surface area (Å²) in [5.74, 6) is 1.60. The van der Waals surface area contributed by atoms with Crippen LogP contribution in [-0.2, 0) is 17.8 Å². The maximum Gasteiger partial charge on any atom is 0.119 e. The third-order valence-corrected chi connectivity index (χ3v) is 9.51. The molecular weight excluding hydrogens is 505 g/mol. The number of nitrogens with zero attached hydrogens (tertiary/aromatic N) is 1. The lowest BCUT2D eigenvalue weighted by molar-refractivity contribution is 0.201. The van der Waals surface area contributed by atoms with Crippen molar-refractivity contribution in [1.82, 2.24) is 0 Å². The first kappa shape index (κ1) is 30.1. The van der Waals surface area contributed by atoms with Crippen LogP contribution in [0, 0.1) is 12.8 Å². The molecule has 0 bridgehead atoms. The predicted octanol–water partition coefficient (Wildman–Crippen LogP) is 9.38. The Morgan fingerprint density at radius 2 is 1.62 bits per heavy atom. The first-order chi connectivity index (χ1) is 19.6. The molecule has 2 nitrogen and oxygen atoms in total. The monoisotopic (exact) mass is 553 g/mol. The average molecular weight is 554 g/mol. The van der Waals surface area contributed by atoms with Crippen molar-refractivity contribution in [2.45, 2.75) is 78.5 Å². The minimum Gasteiger partial charge on any atom is -0.489 e. The molecule has 0 fully saturated rings. The Labute approximate surface area is 245 Å². The number of rotatable bonds is 15. The van der Waals surface area contributed by atoms with E-state index in [1.807, 2.05) is 0 Å². The van der Waals surface area contributed by atoms with Crippen LogP contribution in [-0.4, -0.2) is 18.7 Å². The zero-order chi connectivity index (χ0) is 28.2. The molecule has 0 saturated heterocycles. The highest BCUT2D eigenvalue weighted by molar-refractivity contribution is 7.48. The quantitative estimate of drug-likeness (QED) is 0.174. The van der Waals surface area contributed by atoms with Gasteiger partial charge in [-0.1, -0.05) is 114 Å². The molecule has 0 radical (unpaired) electrons. The fourth-order valence-electron chi connectivity index (χ4n) is 5.61. The first-order valence-electron chi connectivity index (χ1n) is 15.4. The second-order valence-electron chi connectivity index (χ2n) is 11.1. The van der Waals surface area contributed by atoms with E-state index in [-0.39, 0.29) is 0 Å². The molecular formula is C37H48NOP. The minimum atomic E-state index is 0.455. The normalized spacial score (nSPS) is 16.1. The van der Waals surface area contributed by atoms with E-state index in [1.54, 1.807) is 0 Å². The Bertz CT molecular complexity index is 1230. The Hall–Kier alpha value is -2.83. The molecule has 0 heterocycles. The van der Waals surface area contributed by atoms with E-state index >= 15 is 0 Å². The van der Waals surface area contributed by atoms with Crippen molar-refractivity contribution < 1.29 is 4.74 Å². The summed E-state index contributed by atoms with van der Waals surface area (Å²) in [7, 11) is 0.713. The number of ether oxygens (including phenoxy) is 1. The average Bonchev–Trinajstić information content (AvgIpc) is 2.99. The van der Waals surface area contributed by atoms with Crippen LogP contribution in [0.15, 0.2) is 102 Å². The van der Waals surface area contributed by atoms with E-state index in [0.717, 1.165) is 31.7 Å². The zero-order valence-electron chi connectivity index (χ0n) is 25.0. The fraction of sp³-hybridized carbons (Fsp3) is 0.405. The second-order valence-corrected chi connectivity index (χ2v) is 12.6. The summed E-state index contributed by atoms with van der Waals surface area (Å²) in [4.78, 5) is 2.60. The van der Waals surface area contributed by atoms with Gasteiger partial charge in [0.05, 0.1) is 0 Å². The van der Waals surface area contributed by atoms with Crippen LogP contribution >= 0.6 is 8.58 Å². The Morgan fingerprint density at radius 1 is 0.900 bits per heavy atom. The number of anilines is 1. The number of aryl methyl sites for hydroxylation is 1.